The fourth-order valence-corrected chi connectivity index (χ4v) is 2.06. The van der Waals surface area contributed by atoms with Crippen LogP contribution in [0.4, 0.5) is 0 Å². The Kier molecular flexibility index (Phi) is 4.56. The Morgan fingerprint density at radius 2 is 2.25 bits per heavy atom. The van der Waals surface area contributed by atoms with Crippen LogP contribution < -0.4 is 5.32 Å². The summed E-state index contributed by atoms with van der Waals surface area (Å²) in [6.07, 6.45) is 2.23. The van der Waals surface area contributed by atoms with Crippen molar-refractivity contribution in [2.24, 2.45) is 0 Å². The van der Waals surface area contributed by atoms with Crippen molar-refractivity contribution in [1.29, 1.82) is 0 Å². The minimum atomic E-state index is -0.127. The van der Waals surface area contributed by atoms with E-state index in [1.54, 1.807) is 0 Å². The zero-order valence-electron chi connectivity index (χ0n) is 9.61. The van der Waals surface area contributed by atoms with Crippen molar-refractivity contribution in [2.45, 2.75) is 18.9 Å². The zero-order chi connectivity index (χ0) is 11.2. The van der Waals surface area contributed by atoms with Crippen LogP contribution in [0.3, 0.4) is 0 Å². The zero-order valence-corrected chi connectivity index (χ0v) is 9.61. The lowest BCUT2D eigenvalue weighted by molar-refractivity contribution is -0.148. The Balaban J connectivity index is 1.59. The molecule has 2 fully saturated rings. The van der Waals surface area contributed by atoms with Crippen molar-refractivity contribution in [2.75, 3.05) is 45.9 Å². The van der Waals surface area contributed by atoms with Crippen molar-refractivity contribution >= 4 is 5.97 Å². The molecule has 0 aliphatic carbocycles. The maximum absolute atomic E-state index is 11.5. The van der Waals surface area contributed by atoms with Gasteiger partial charge < -0.3 is 14.8 Å². The molecule has 2 aliphatic rings. The second-order valence-electron chi connectivity index (χ2n) is 4.34. The topological polar surface area (TPSA) is 50.8 Å². The van der Waals surface area contributed by atoms with Crippen molar-refractivity contribution < 1.29 is 14.3 Å². The van der Waals surface area contributed by atoms with E-state index >= 15 is 0 Å². The minimum Gasteiger partial charge on any atom is -0.462 e. The molecule has 0 aromatic rings. The number of carbonyl (C=O) groups is 1. The van der Waals surface area contributed by atoms with Gasteiger partial charge in [-0.25, -0.2) is 0 Å². The first-order valence-corrected chi connectivity index (χ1v) is 6.05. The maximum atomic E-state index is 11.5. The van der Waals surface area contributed by atoms with Crippen LogP contribution in [0.25, 0.3) is 0 Å². The SMILES string of the molecule is O=C(CN1CCNCC1)OCC1CCCO1. The number of hydrogen-bond acceptors (Lipinski definition) is 5. The van der Waals surface area contributed by atoms with Gasteiger partial charge in [-0.2, -0.15) is 0 Å². The molecule has 2 rings (SSSR count). The van der Waals surface area contributed by atoms with Gasteiger partial charge in [0.25, 0.3) is 0 Å². The number of piperazine rings is 1. The first kappa shape index (κ1) is 11.8. The summed E-state index contributed by atoms with van der Waals surface area (Å²) in [6.45, 7) is 5.40. The summed E-state index contributed by atoms with van der Waals surface area (Å²) in [7, 11) is 0. The second kappa shape index (κ2) is 6.18. The number of nitrogens with zero attached hydrogens (tertiary/aromatic N) is 1. The van der Waals surface area contributed by atoms with Crippen LogP contribution in [0.15, 0.2) is 0 Å². The normalized spacial score (nSPS) is 26.9. The van der Waals surface area contributed by atoms with E-state index in [0.717, 1.165) is 45.6 Å². The minimum absolute atomic E-state index is 0.127. The van der Waals surface area contributed by atoms with Gasteiger partial charge >= 0.3 is 5.97 Å². The van der Waals surface area contributed by atoms with E-state index in [2.05, 4.69) is 10.2 Å². The van der Waals surface area contributed by atoms with Crippen molar-refractivity contribution in [1.82, 2.24) is 10.2 Å². The Morgan fingerprint density at radius 1 is 1.44 bits per heavy atom. The number of ether oxygens (including phenoxy) is 2. The highest BCUT2D eigenvalue weighted by Gasteiger charge is 2.19. The van der Waals surface area contributed by atoms with Gasteiger partial charge in [-0.1, -0.05) is 0 Å². The lowest BCUT2D eigenvalue weighted by Gasteiger charge is -2.26. The molecule has 16 heavy (non-hydrogen) atoms. The molecule has 92 valence electrons. The van der Waals surface area contributed by atoms with Gasteiger partial charge in [-0.05, 0) is 12.8 Å². The van der Waals surface area contributed by atoms with Gasteiger partial charge in [0.05, 0.1) is 12.6 Å². The molecule has 0 radical (unpaired) electrons. The Hall–Kier alpha value is -0.650. The molecule has 0 aromatic carbocycles. The lowest BCUT2D eigenvalue weighted by Crippen LogP contribution is -2.45. The number of nitrogens with one attached hydrogen (secondary N) is 1. The summed E-state index contributed by atoms with van der Waals surface area (Å²) in [5.41, 5.74) is 0. The van der Waals surface area contributed by atoms with Crippen LogP contribution in [0, 0.1) is 0 Å². The molecule has 1 N–H and O–H groups in total. The van der Waals surface area contributed by atoms with Gasteiger partial charge in [0.15, 0.2) is 0 Å². The molecule has 2 saturated heterocycles. The molecule has 1 unspecified atom stereocenters. The van der Waals surface area contributed by atoms with Crippen molar-refractivity contribution in [3.8, 4) is 0 Å². The number of hydrogen-bond donors (Lipinski definition) is 1. The standard InChI is InChI=1S/C11H20N2O3/c14-11(8-13-5-3-12-4-6-13)16-9-10-2-1-7-15-10/h10,12H,1-9H2. The predicted molar refractivity (Wildman–Crippen MR) is 59.2 cm³/mol. The Labute approximate surface area is 96.1 Å². The highest BCUT2D eigenvalue weighted by atomic mass is 16.6. The van der Waals surface area contributed by atoms with Crippen molar-refractivity contribution in [3.05, 3.63) is 0 Å². The summed E-state index contributed by atoms with van der Waals surface area (Å²) >= 11 is 0. The van der Waals surface area contributed by atoms with Gasteiger partial charge in [0, 0.05) is 32.8 Å². The van der Waals surface area contributed by atoms with E-state index in [1.165, 1.54) is 0 Å². The smallest absolute Gasteiger partial charge is 0.320 e. The maximum Gasteiger partial charge on any atom is 0.320 e. The lowest BCUT2D eigenvalue weighted by atomic mass is 10.2. The fourth-order valence-electron chi connectivity index (χ4n) is 2.06. The Morgan fingerprint density at radius 3 is 2.94 bits per heavy atom. The molecule has 0 saturated carbocycles. The second-order valence-corrected chi connectivity index (χ2v) is 4.34. The fraction of sp³-hybridized carbons (Fsp3) is 0.909. The van der Waals surface area contributed by atoms with Crippen LogP contribution in [-0.4, -0.2) is 62.9 Å². The third-order valence-corrected chi connectivity index (χ3v) is 3.02. The molecular formula is C11H20N2O3. The summed E-state index contributed by atoms with van der Waals surface area (Å²) < 4.78 is 10.6. The van der Waals surface area contributed by atoms with Crippen molar-refractivity contribution in [3.63, 3.8) is 0 Å². The first-order chi connectivity index (χ1) is 7.84. The molecule has 1 atom stereocenters. The average molecular weight is 228 g/mol. The van der Waals surface area contributed by atoms with E-state index < -0.39 is 0 Å². The molecular weight excluding hydrogens is 208 g/mol. The van der Waals surface area contributed by atoms with E-state index in [0.29, 0.717) is 13.2 Å². The first-order valence-electron chi connectivity index (χ1n) is 6.05. The van der Waals surface area contributed by atoms with E-state index in [-0.39, 0.29) is 12.1 Å². The predicted octanol–water partition coefficient (Wildman–Crippen LogP) is -0.386. The molecule has 2 aliphatic heterocycles. The average Bonchev–Trinajstić information content (AvgIpc) is 2.81. The molecule has 5 heteroatoms. The summed E-state index contributed by atoms with van der Waals surface area (Å²) in [5.74, 6) is -0.127. The molecule has 0 bridgehead atoms. The highest BCUT2D eigenvalue weighted by molar-refractivity contribution is 5.71. The molecule has 5 nitrogen and oxygen atoms in total. The van der Waals surface area contributed by atoms with Crippen LogP contribution in [0.5, 0.6) is 0 Å². The van der Waals surface area contributed by atoms with Gasteiger partial charge in [-0.3, -0.25) is 9.69 Å². The largest absolute Gasteiger partial charge is 0.462 e. The van der Waals surface area contributed by atoms with E-state index in [4.69, 9.17) is 9.47 Å². The van der Waals surface area contributed by atoms with Crippen LogP contribution in [0.1, 0.15) is 12.8 Å². The molecule has 2 heterocycles. The highest BCUT2D eigenvalue weighted by Crippen LogP contribution is 2.11. The van der Waals surface area contributed by atoms with Gasteiger partial charge in [0.2, 0.25) is 0 Å². The third-order valence-electron chi connectivity index (χ3n) is 3.02. The van der Waals surface area contributed by atoms with E-state index in [9.17, 15) is 4.79 Å². The van der Waals surface area contributed by atoms with Gasteiger partial charge in [0.1, 0.15) is 6.61 Å². The summed E-state index contributed by atoms with van der Waals surface area (Å²) in [6, 6.07) is 0. The van der Waals surface area contributed by atoms with Crippen LogP contribution in [0.2, 0.25) is 0 Å². The van der Waals surface area contributed by atoms with Crippen LogP contribution in [-0.2, 0) is 14.3 Å². The summed E-state index contributed by atoms with van der Waals surface area (Å²) in [5, 5.41) is 3.25. The molecule has 0 amide bonds. The number of carbonyl (C=O) groups excluding carboxylic acids is 1. The quantitative estimate of drug-likeness (QED) is 0.664. The van der Waals surface area contributed by atoms with Crippen LogP contribution >= 0.6 is 0 Å². The monoisotopic (exact) mass is 228 g/mol. The summed E-state index contributed by atoms with van der Waals surface area (Å²) in [4.78, 5) is 13.6. The third kappa shape index (κ3) is 3.73. The number of rotatable bonds is 4. The Bertz CT molecular complexity index is 223. The van der Waals surface area contributed by atoms with E-state index in [1.807, 2.05) is 0 Å². The van der Waals surface area contributed by atoms with Gasteiger partial charge in [-0.15, -0.1) is 0 Å². The number of esters is 1. The molecule has 0 aromatic heterocycles. The molecule has 0 spiro atoms.